The topological polar surface area (TPSA) is 38.9 Å². The summed E-state index contributed by atoms with van der Waals surface area (Å²) in [7, 11) is 0. The molecule has 1 aromatic heterocycles. The van der Waals surface area contributed by atoms with Gasteiger partial charge >= 0.3 is 0 Å². The average Bonchev–Trinajstić information content (AvgIpc) is 2.54. The third kappa shape index (κ3) is 1.77. The van der Waals surface area contributed by atoms with Crippen LogP contribution in [0.5, 0.6) is 0 Å². The number of hydrogen-bond donors (Lipinski definition) is 0. The van der Waals surface area contributed by atoms with Gasteiger partial charge in [-0.05, 0) is 12.8 Å². The lowest BCUT2D eigenvalue weighted by Crippen LogP contribution is -2.25. The number of hydrogen-bond acceptors (Lipinski definition) is 3. The first-order valence-corrected chi connectivity index (χ1v) is 5.49. The van der Waals surface area contributed by atoms with Crippen molar-refractivity contribution in [2.75, 3.05) is 0 Å². The Morgan fingerprint density at radius 1 is 1.23 bits per heavy atom. The lowest BCUT2D eigenvalue weighted by molar-refractivity contribution is 0.254. The summed E-state index contributed by atoms with van der Waals surface area (Å²) < 4.78 is 5.42. The zero-order chi connectivity index (χ0) is 9.31. The van der Waals surface area contributed by atoms with Crippen molar-refractivity contribution in [1.29, 1.82) is 0 Å². The molecule has 0 atom stereocenters. The number of rotatable bonds is 1. The summed E-state index contributed by atoms with van der Waals surface area (Å²) in [6.07, 6.45) is 6.22. The fourth-order valence-corrected chi connectivity index (χ4v) is 2.23. The molecule has 1 heterocycles. The fourth-order valence-electron chi connectivity index (χ4n) is 2.00. The molecule has 1 aromatic rings. The summed E-state index contributed by atoms with van der Waals surface area (Å²) >= 11 is 3.18. The lowest BCUT2D eigenvalue weighted by Gasteiger charge is -2.29. The molecule has 0 N–H and O–H groups in total. The zero-order valence-electron chi connectivity index (χ0n) is 7.72. The molecule has 0 aliphatic heterocycles. The summed E-state index contributed by atoms with van der Waals surface area (Å²) in [6, 6.07) is 0. The molecule has 0 aromatic carbocycles. The van der Waals surface area contributed by atoms with Crippen molar-refractivity contribution in [2.45, 2.75) is 44.4 Å². The Balaban J connectivity index is 2.22. The van der Waals surface area contributed by atoms with E-state index in [4.69, 9.17) is 4.42 Å². The Bertz CT molecular complexity index is 292. The first kappa shape index (κ1) is 9.19. The van der Waals surface area contributed by atoms with Gasteiger partial charge in [-0.15, -0.1) is 10.2 Å². The molecule has 0 radical (unpaired) electrons. The van der Waals surface area contributed by atoms with Crippen molar-refractivity contribution < 1.29 is 4.42 Å². The molecule has 1 saturated carbocycles. The van der Waals surface area contributed by atoms with Crippen molar-refractivity contribution >= 4 is 15.9 Å². The zero-order valence-corrected chi connectivity index (χ0v) is 9.30. The molecular formula is C9H13BrN2O. The summed E-state index contributed by atoms with van der Waals surface area (Å²) in [5.74, 6) is 0.791. The van der Waals surface area contributed by atoms with Gasteiger partial charge in [-0.3, -0.25) is 0 Å². The van der Waals surface area contributed by atoms with Crippen LogP contribution >= 0.6 is 15.9 Å². The van der Waals surface area contributed by atoms with Crippen LogP contribution in [0.15, 0.2) is 9.22 Å². The van der Waals surface area contributed by atoms with Crippen LogP contribution in [0.25, 0.3) is 0 Å². The molecule has 4 heteroatoms. The fraction of sp³-hybridized carbons (Fsp3) is 0.778. The van der Waals surface area contributed by atoms with Crippen molar-refractivity contribution in [3.8, 4) is 0 Å². The minimum Gasteiger partial charge on any atom is -0.415 e. The predicted molar refractivity (Wildman–Crippen MR) is 52.4 cm³/mol. The molecule has 1 fully saturated rings. The molecular weight excluding hydrogens is 232 g/mol. The molecule has 1 aliphatic rings. The Labute approximate surface area is 86.0 Å². The molecule has 3 nitrogen and oxygen atoms in total. The molecule has 0 saturated heterocycles. The largest absolute Gasteiger partial charge is 0.415 e. The number of nitrogens with zero attached hydrogens (tertiary/aromatic N) is 2. The maximum Gasteiger partial charge on any atom is 0.284 e. The van der Waals surface area contributed by atoms with E-state index in [1.807, 2.05) is 0 Å². The minimum atomic E-state index is 0.122. The Hall–Kier alpha value is -0.380. The Morgan fingerprint density at radius 3 is 2.46 bits per heavy atom. The highest BCUT2D eigenvalue weighted by atomic mass is 79.9. The maximum absolute atomic E-state index is 5.42. The molecule has 0 bridgehead atoms. The Kier molecular flexibility index (Phi) is 2.41. The van der Waals surface area contributed by atoms with E-state index in [-0.39, 0.29) is 5.41 Å². The van der Waals surface area contributed by atoms with E-state index in [2.05, 4.69) is 33.1 Å². The second kappa shape index (κ2) is 3.40. The van der Waals surface area contributed by atoms with Gasteiger partial charge in [0, 0.05) is 21.3 Å². The van der Waals surface area contributed by atoms with E-state index >= 15 is 0 Å². The van der Waals surface area contributed by atoms with Crippen LogP contribution in [-0.2, 0) is 5.41 Å². The van der Waals surface area contributed by atoms with Crippen LogP contribution in [0.2, 0.25) is 0 Å². The third-order valence-electron chi connectivity index (χ3n) is 2.87. The summed E-state index contributed by atoms with van der Waals surface area (Å²) in [5.41, 5.74) is 0.122. The van der Waals surface area contributed by atoms with Crippen LogP contribution in [0, 0.1) is 0 Å². The van der Waals surface area contributed by atoms with Gasteiger partial charge in [0.05, 0.1) is 0 Å². The van der Waals surface area contributed by atoms with Crippen molar-refractivity contribution in [3.63, 3.8) is 0 Å². The highest BCUT2D eigenvalue weighted by Crippen LogP contribution is 2.38. The SMILES string of the molecule is CC1(c2nnc(Br)o2)CCCCC1. The highest BCUT2D eigenvalue weighted by molar-refractivity contribution is 9.10. The normalized spacial score (nSPS) is 21.7. The molecule has 0 unspecified atom stereocenters. The molecule has 2 rings (SSSR count). The van der Waals surface area contributed by atoms with Crippen LogP contribution in [0.3, 0.4) is 0 Å². The first-order chi connectivity index (χ1) is 6.21. The number of halogens is 1. The van der Waals surface area contributed by atoms with Gasteiger partial charge < -0.3 is 4.42 Å². The van der Waals surface area contributed by atoms with E-state index in [0.717, 1.165) is 5.89 Å². The molecule has 13 heavy (non-hydrogen) atoms. The Morgan fingerprint density at radius 2 is 1.92 bits per heavy atom. The second-order valence-electron chi connectivity index (χ2n) is 3.98. The maximum atomic E-state index is 5.42. The van der Waals surface area contributed by atoms with Gasteiger partial charge in [-0.2, -0.15) is 0 Å². The highest BCUT2D eigenvalue weighted by Gasteiger charge is 2.33. The van der Waals surface area contributed by atoms with Gasteiger partial charge in [0.2, 0.25) is 5.89 Å². The molecule has 0 spiro atoms. The monoisotopic (exact) mass is 244 g/mol. The van der Waals surface area contributed by atoms with Crippen LogP contribution in [-0.4, -0.2) is 10.2 Å². The van der Waals surface area contributed by atoms with Crippen LogP contribution in [0.1, 0.15) is 44.9 Å². The predicted octanol–water partition coefficient (Wildman–Crippen LogP) is 3.05. The van der Waals surface area contributed by atoms with E-state index < -0.39 is 0 Å². The van der Waals surface area contributed by atoms with E-state index in [1.54, 1.807) is 0 Å². The van der Waals surface area contributed by atoms with E-state index in [0.29, 0.717) is 4.80 Å². The minimum absolute atomic E-state index is 0.122. The first-order valence-electron chi connectivity index (χ1n) is 4.70. The lowest BCUT2D eigenvalue weighted by atomic mass is 9.76. The van der Waals surface area contributed by atoms with Gasteiger partial charge in [-0.25, -0.2) is 0 Å². The van der Waals surface area contributed by atoms with Gasteiger partial charge in [0.1, 0.15) is 0 Å². The summed E-state index contributed by atoms with van der Waals surface area (Å²) in [4.78, 5) is 0.495. The summed E-state index contributed by atoms with van der Waals surface area (Å²) in [5, 5.41) is 7.88. The third-order valence-corrected chi connectivity index (χ3v) is 3.19. The average molecular weight is 245 g/mol. The van der Waals surface area contributed by atoms with E-state index in [1.165, 1.54) is 32.1 Å². The van der Waals surface area contributed by atoms with Crippen molar-refractivity contribution in [2.24, 2.45) is 0 Å². The molecule has 1 aliphatic carbocycles. The van der Waals surface area contributed by atoms with Crippen LogP contribution in [0.4, 0.5) is 0 Å². The second-order valence-corrected chi connectivity index (χ2v) is 4.66. The van der Waals surface area contributed by atoms with Gasteiger partial charge in [0.25, 0.3) is 4.80 Å². The number of aromatic nitrogens is 2. The van der Waals surface area contributed by atoms with Crippen LogP contribution < -0.4 is 0 Å². The quantitative estimate of drug-likeness (QED) is 0.763. The van der Waals surface area contributed by atoms with Gasteiger partial charge in [-0.1, -0.05) is 26.2 Å². The van der Waals surface area contributed by atoms with E-state index in [9.17, 15) is 0 Å². The standard InChI is InChI=1S/C9H13BrN2O/c1-9(5-3-2-4-6-9)7-11-12-8(10)13-7/h2-6H2,1H3. The summed E-state index contributed by atoms with van der Waals surface area (Å²) in [6.45, 7) is 2.21. The van der Waals surface area contributed by atoms with Crippen molar-refractivity contribution in [1.82, 2.24) is 10.2 Å². The molecule has 0 amide bonds. The van der Waals surface area contributed by atoms with Gasteiger partial charge in [0.15, 0.2) is 0 Å². The van der Waals surface area contributed by atoms with Crippen molar-refractivity contribution in [3.05, 3.63) is 10.7 Å². The smallest absolute Gasteiger partial charge is 0.284 e. The molecule has 72 valence electrons.